The average molecular weight is 161 g/mol. The highest BCUT2D eigenvalue weighted by molar-refractivity contribution is 5.55. The van der Waals surface area contributed by atoms with Gasteiger partial charge in [-0.2, -0.15) is 6.42 Å². The second-order valence-corrected chi connectivity index (χ2v) is 2.09. The van der Waals surface area contributed by atoms with Gasteiger partial charge in [-0.05, 0) is 0 Å². The highest BCUT2D eigenvalue weighted by atomic mass is 16.3. The summed E-state index contributed by atoms with van der Waals surface area (Å²) in [5.41, 5.74) is 0. The number of aliphatic hydroxyl groups excluding tert-OH is 2. The Hall–Kier alpha value is -0.410. The summed E-state index contributed by atoms with van der Waals surface area (Å²) in [4.78, 5) is 9.33. The minimum absolute atomic E-state index is 0.278. The molecule has 3 nitrogen and oxygen atoms in total. The first-order valence-electron chi connectivity index (χ1n) is 3.76. The van der Waals surface area contributed by atoms with E-state index in [-0.39, 0.29) is 6.29 Å². The number of aldehydes is 1. The van der Waals surface area contributed by atoms with Crippen molar-refractivity contribution in [1.29, 1.82) is 0 Å². The maximum Gasteiger partial charge on any atom is 0.150 e. The summed E-state index contributed by atoms with van der Waals surface area (Å²) < 4.78 is 0. The van der Waals surface area contributed by atoms with Crippen molar-refractivity contribution in [3.8, 4) is 0 Å². The Morgan fingerprint density at radius 3 is 2.18 bits per heavy atom. The molecule has 1 unspecified atom stereocenters. The molecule has 0 bridgehead atoms. The van der Waals surface area contributed by atoms with Crippen LogP contribution in [0.5, 0.6) is 0 Å². The van der Waals surface area contributed by atoms with Crippen molar-refractivity contribution in [1.82, 2.24) is 0 Å². The molecule has 0 saturated heterocycles. The predicted molar refractivity (Wildman–Crippen MR) is 44.0 cm³/mol. The molecule has 0 aromatic carbocycles. The van der Waals surface area contributed by atoms with Gasteiger partial charge in [0, 0.05) is 0 Å². The van der Waals surface area contributed by atoms with Crippen molar-refractivity contribution in [2.24, 2.45) is 0 Å². The molecule has 0 aromatic rings. The number of hydrogen-bond acceptors (Lipinski definition) is 3. The van der Waals surface area contributed by atoms with Gasteiger partial charge in [-0.3, -0.25) is 0 Å². The second kappa shape index (κ2) is 12.3. The van der Waals surface area contributed by atoms with Crippen molar-refractivity contribution < 1.29 is 15.0 Å². The first-order chi connectivity index (χ1) is 5.22. The molecule has 68 valence electrons. The highest BCUT2D eigenvalue weighted by Crippen LogP contribution is 1.87. The van der Waals surface area contributed by atoms with Crippen LogP contribution in [0.3, 0.4) is 0 Å². The number of unbranched alkanes of at least 4 members (excludes halogenated alkanes) is 2. The van der Waals surface area contributed by atoms with E-state index >= 15 is 0 Å². The Morgan fingerprint density at radius 1 is 1.64 bits per heavy atom. The third-order valence-electron chi connectivity index (χ3n) is 0.948. The zero-order chi connectivity index (χ0) is 9.11. The van der Waals surface area contributed by atoms with E-state index in [0.717, 1.165) is 6.42 Å². The van der Waals surface area contributed by atoms with E-state index in [9.17, 15) is 4.79 Å². The number of carbonyl (C=O) groups is 1. The Bertz CT molecular complexity index is 71.7. The monoisotopic (exact) mass is 161 g/mol. The number of hydrogen-bond donors (Lipinski definition) is 2. The SMILES string of the molecule is O=CC(O)CO.[CH2-]CCCC. The lowest BCUT2D eigenvalue weighted by Gasteiger charge is -1.89. The number of aliphatic hydroxyl groups is 2. The Kier molecular flexibility index (Phi) is 14.7. The molecular weight excluding hydrogens is 144 g/mol. The van der Waals surface area contributed by atoms with E-state index in [1.165, 1.54) is 12.8 Å². The van der Waals surface area contributed by atoms with Crippen molar-refractivity contribution in [3.05, 3.63) is 6.92 Å². The standard InChI is InChI=1S/C5H11.C3H6O3/c1-3-5-4-2;4-1-3(6)2-5/h1,3-5H2,2H3;1,3,5-6H,2H2/q-1;. The zero-order valence-corrected chi connectivity index (χ0v) is 6.99. The van der Waals surface area contributed by atoms with Crippen LogP contribution in [0, 0.1) is 6.92 Å². The van der Waals surface area contributed by atoms with Gasteiger partial charge < -0.3 is 21.9 Å². The van der Waals surface area contributed by atoms with Gasteiger partial charge in [0.1, 0.15) is 6.10 Å². The summed E-state index contributed by atoms with van der Waals surface area (Å²) in [6.07, 6.45) is 2.74. The molecule has 0 aliphatic rings. The molecule has 3 heteroatoms. The molecule has 0 heterocycles. The van der Waals surface area contributed by atoms with Gasteiger partial charge in [0.2, 0.25) is 0 Å². The summed E-state index contributed by atoms with van der Waals surface area (Å²) in [5.74, 6) is 0. The lowest BCUT2D eigenvalue weighted by atomic mass is 10.3. The second-order valence-electron chi connectivity index (χ2n) is 2.09. The lowest BCUT2D eigenvalue weighted by Crippen LogP contribution is -2.12. The van der Waals surface area contributed by atoms with E-state index in [0.29, 0.717) is 0 Å². The van der Waals surface area contributed by atoms with Crippen LogP contribution >= 0.6 is 0 Å². The number of carbonyl (C=O) groups excluding carboxylic acids is 1. The summed E-state index contributed by atoms with van der Waals surface area (Å²) in [5, 5.41) is 15.9. The fourth-order valence-corrected chi connectivity index (χ4v) is 0.293. The lowest BCUT2D eigenvalue weighted by molar-refractivity contribution is -0.116. The van der Waals surface area contributed by atoms with Crippen molar-refractivity contribution in [2.45, 2.75) is 32.3 Å². The fraction of sp³-hybridized carbons (Fsp3) is 0.750. The van der Waals surface area contributed by atoms with Crippen LogP contribution < -0.4 is 0 Å². The first-order valence-corrected chi connectivity index (χ1v) is 3.76. The van der Waals surface area contributed by atoms with E-state index in [2.05, 4.69) is 13.8 Å². The minimum atomic E-state index is -1.19. The molecule has 11 heavy (non-hydrogen) atoms. The maximum absolute atomic E-state index is 9.33. The molecule has 1 atom stereocenters. The summed E-state index contributed by atoms with van der Waals surface area (Å²) >= 11 is 0. The Balaban J connectivity index is 0. The highest BCUT2D eigenvalue weighted by Gasteiger charge is 1.92. The first kappa shape index (κ1) is 13.2. The molecule has 0 amide bonds. The van der Waals surface area contributed by atoms with Gasteiger partial charge in [-0.25, -0.2) is 0 Å². The molecule has 0 spiro atoms. The van der Waals surface area contributed by atoms with Crippen molar-refractivity contribution in [3.63, 3.8) is 0 Å². The van der Waals surface area contributed by atoms with Gasteiger partial charge >= 0.3 is 0 Å². The normalized spacial score (nSPS) is 11.3. The molecular formula is C8H17O3-. The molecule has 0 aromatic heterocycles. The Labute approximate surface area is 68.0 Å². The van der Waals surface area contributed by atoms with Gasteiger partial charge in [-0.15, -0.1) is 0 Å². The van der Waals surface area contributed by atoms with Crippen molar-refractivity contribution in [2.75, 3.05) is 6.61 Å². The molecule has 0 radical (unpaired) electrons. The fourth-order valence-electron chi connectivity index (χ4n) is 0.293. The quantitative estimate of drug-likeness (QED) is 0.467. The summed E-state index contributed by atoms with van der Waals surface area (Å²) in [7, 11) is 0. The van der Waals surface area contributed by atoms with Gasteiger partial charge in [-0.1, -0.05) is 19.8 Å². The van der Waals surface area contributed by atoms with Crippen LogP contribution in [0.4, 0.5) is 0 Å². The molecule has 0 aliphatic heterocycles. The average Bonchev–Trinajstić information content (AvgIpc) is 2.06. The van der Waals surface area contributed by atoms with Crippen LogP contribution in [-0.2, 0) is 4.79 Å². The van der Waals surface area contributed by atoms with Crippen LogP contribution in [0.2, 0.25) is 0 Å². The molecule has 0 aliphatic carbocycles. The van der Waals surface area contributed by atoms with E-state index < -0.39 is 12.7 Å². The Morgan fingerprint density at radius 2 is 2.18 bits per heavy atom. The van der Waals surface area contributed by atoms with Crippen LogP contribution in [0.1, 0.15) is 26.2 Å². The van der Waals surface area contributed by atoms with Crippen LogP contribution in [0.15, 0.2) is 0 Å². The predicted octanol–water partition coefficient (Wildman–Crippen LogP) is 0.549. The molecule has 2 N–H and O–H groups in total. The van der Waals surface area contributed by atoms with E-state index in [4.69, 9.17) is 10.2 Å². The van der Waals surface area contributed by atoms with Gasteiger partial charge in [0.15, 0.2) is 6.29 Å². The summed E-state index contributed by atoms with van der Waals surface area (Å²) in [6, 6.07) is 0. The van der Waals surface area contributed by atoms with Crippen molar-refractivity contribution >= 4 is 6.29 Å². The third kappa shape index (κ3) is 17.7. The largest absolute Gasteiger partial charge is 0.393 e. The zero-order valence-electron chi connectivity index (χ0n) is 6.99. The maximum atomic E-state index is 9.33. The van der Waals surface area contributed by atoms with Crippen LogP contribution in [-0.4, -0.2) is 29.2 Å². The number of rotatable bonds is 4. The van der Waals surface area contributed by atoms with Crippen LogP contribution in [0.25, 0.3) is 0 Å². The van der Waals surface area contributed by atoms with E-state index in [1.54, 1.807) is 0 Å². The molecule has 0 rings (SSSR count). The van der Waals surface area contributed by atoms with Gasteiger partial charge in [0.25, 0.3) is 0 Å². The minimum Gasteiger partial charge on any atom is -0.393 e. The summed E-state index contributed by atoms with van der Waals surface area (Å²) in [6.45, 7) is 5.36. The third-order valence-corrected chi connectivity index (χ3v) is 0.948. The molecule has 0 saturated carbocycles. The van der Waals surface area contributed by atoms with E-state index in [1.807, 2.05) is 0 Å². The molecule has 0 fully saturated rings. The smallest absolute Gasteiger partial charge is 0.150 e. The van der Waals surface area contributed by atoms with Gasteiger partial charge in [0.05, 0.1) is 6.61 Å². The topological polar surface area (TPSA) is 57.5 Å².